The summed E-state index contributed by atoms with van der Waals surface area (Å²) >= 11 is 0. The molecule has 0 fully saturated rings. The average molecular weight is 196 g/mol. The minimum atomic E-state index is 0.00322. The van der Waals surface area contributed by atoms with Gasteiger partial charge >= 0.3 is 0 Å². The van der Waals surface area contributed by atoms with Crippen LogP contribution in [-0.2, 0) is 18.4 Å². The number of rotatable bonds is 2. The summed E-state index contributed by atoms with van der Waals surface area (Å²) in [6.45, 7) is 11.1. The molecule has 0 spiro atoms. The van der Waals surface area contributed by atoms with Crippen molar-refractivity contribution < 1.29 is 5.11 Å². The summed E-state index contributed by atoms with van der Waals surface area (Å²) in [6, 6.07) is 0. The molecule has 1 heterocycles. The third-order valence-corrected chi connectivity index (χ3v) is 2.38. The topological polar surface area (TPSA) is 38.0 Å². The lowest BCUT2D eigenvalue weighted by Gasteiger charge is -2.16. The van der Waals surface area contributed by atoms with Gasteiger partial charge in [-0.25, -0.2) is 4.68 Å². The van der Waals surface area contributed by atoms with Crippen LogP contribution in [0.3, 0.4) is 0 Å². The van der Waals surface area contributed by atoms with E-state index in [1.165, 1.54) is 0 Å². The molecular formula is C11H20N2O. The first-order chi connectivity index (χ1) is 6.41. The summed E-state index contributed by atoms with van der Waals surface area (Å²) in [5.74, 6) is 0.333. The maximum atomic E-state index is 9.87. The van der Waals surface area contributed by atoms with Gasteiger partial charge in [-0.1, -0.05) is 27.7 Å². The minimum Gasteiger partial charge on any atom is -0.493 e. The maximum absolute atomic E-state index is 9.87. The molecule has 0 saturated carbocycles. The molecule has 14 heavy (non-hydrogen) atoms. The van der Waals surface area contributed by atoms with Crippen molar-refractivity contribution in [1.82, 2.24) is 9.78 Å². The molecule has 0 aliphatic carbocycles. The Labute approximate surface area is 85.8 Å². The first-order valence-electron chi connectivity index (χ1n) is 5.20. The molecule has 1 aromatic heterocycles. The summed E-state index contributed by atoms with van der Waals surface area (Å²) in [6.07, 6.45) is 0.832. The molecule has 0 aliphatic rings. The molecule has 0 unspecified atom stereocenters. The van der Waals surface area contributed by atoms with E-state index in [0.29, 0.717) is 5.88 Å². The van der Waals surface area contributed by atoms with Crippen molar-refractivity contribution in [3.8, 4) is 5.88 Å². The zero-order valence-electron chi connectivity index (χ0n) is 9.76. The third kappa shape index (κ3) is 1.76. The van der Waals surface area contributed by atoms with Gasteiger partial charge in [0.1, 0.15) is 0 Å². The van der Waals surface area contributed by atoms with E-state index in [1.54, 1.807) is 4.68 Å². The Kier molecular flexibility index (Phi) is 2.88. The van der Waals surface area contributed by atoms with Gasteiger partial charge in [-0.2, -0.15) is 5.10 Å². The summed E-state index contributed by atoms with van der Waals surface area (Å²) < 4.78 is 1.67. The molecule has 0 aromatic carbocycles. The van der Waals surface area contributed by atoms with Gasteiger partial charge in [0.2, 0.25) is 5.88 Å². The van der Waals surface area contributed by atoms with E-state index in [1.807, 2.05) is 13.8 Å². The monoisotopic (exact) mass is 196 g/mol. The van der Waals surface area contributed by atoms with Crippen LogP contribution >= 0.6 is 0 Å². The molecule has 3 nitrogen and oxygen atoms in total. The van der Waals surface area contributed by atoms with E-state index < -0.39 is 0 Å². The van der Waals surface area contributed by atoms with Crippen LogP contribution < -0.4 is 0 Å². The van der Waals surface area contributed by atoms with Crippen LogP contribution in [0.1, 0.15) is 45.9 Å². The Hall–Kier alpha value is -0.990. The highest BCUT2D eigenvalue weighted by molar-refractivity contribution is 5.34. The summed E-state index contributed by atoms with van der Waals surface area (Å²) in [4.78, 5) is 0. The van der Waals surface area contributed by atoms with Gasteiger partial charge in [0, 0.05) is 17.5 Å². The largest absolute Gasteiger partial charge is 0.493 e. The molecule has 1 N–H and O–H groups in total. The zero-order chi connectivity index (χ0) is 10.9. The average Bonchev–Trinajstić information content (AvgIpc) is 2.41. The van der Waals surface area contributed by atoms with Crippen LogP contribution in [0.15, 0.2) is 0 Å². The molecule has 0 radical (unpaired) electrons. The van der Waals surface area contributed by atoms with Crippen LogP contribution in [0, 0.1) is 0 Å². The van der Waals surface area contributed by atoms with Crippen molar-refractivity contribution in [3.05, 3.63) is 11.3 Å². The second-order valence-corrected chi connectivity index (χ2v) is 4.57. The first-order valence-corrected chi connectivity index (χ1v) is 5.20. The van der Waals surface area contributed by atoms with Crippen molar-refractivity contribution in [3.63, 3.8) is 0 Å². The molecule has 1 aromatic rings. The normalized spacial score (nSPS) is 12.1. The van der Waals surface area contributed by atoms with E-state index in [0.717, 1.165) is 24.2 Å². The fourth-order valence-electron chi connectivity index (χ4n) is 1.64. The highest BCUT2D eigenvalue weighted by atomic mass is 16.3. The second-order valence-electron chi connectivity index (χ2n) is 4.57. The number of aromatic nitrogens is 2. The van der Waals surface area contributed by atoms with Crippen molar-refractivity contribution in [2.75, 3.05) is 0 Å². The predicted molar refractivity (Wildman–Crippen MR) is 57.6 cm³/mol. The molecular weight excluding hydrogens is 176 g/mol. The van der Waals surface area contributed by atoms with Gasteiger partial charge in [-0.3, -0.25) is 0 Å². The van der Waals surface area contributed by atoms with Crippen molar-refractivity contribution in [2.24, 2.45) is 0 Å². The lowest BCUT2D eigenvalue weighted by atomic mass is 9.89. The standard InChI is InChI=1S/C11H20N2O/c1-6-8-9(11(3,4)5)12-13(7-2)10(8)14/h14H,6-7H2,1-5H3. The Morgan fingerprint density at radius 3 is 2.14 bits per heavy atom. The van der Waals surface area contributed by atoms with E-state index in [2.05, 4.69) is 25.9 Å². The summed E-state index contributed by atoms with van der Waals surface area (Å²) in [5, 5.41) is 14.3. The Bertz CT molecular complexity index is 321. The lowest BCUT2D eigenvalue weighted by Crippen LogP contribution is -2.14. The van der Waals surface area contributed by atoms with Crippen LogP contribution in [0.4, 0.5) is 0 Å². The highest BCUT2D eigenvalue weighted by Crippen LogP contribution is 2.30. The van der Waals surface area contributed by atoms with Gasteiger partial charge in [-0.05, 0) is 13.3 Å². The van der Waals surface area contributed by atoms with Gasteiger partial charge in [0.15, 0.2) is 0 Å². The molecule has 0 aliphatic heterocycles. The Balaban J connectivity index is 3.30. The van der Waals surface area contributed by atoms with Crippen LogP contribution in [0.2, 0.25) is 0 Å². The molecule has 0 amide bonds. The fraction of sp³-hybridized carbons (Fsp3) is 0.727. The number of aryl methyl sites for hydroxylation is 1. The van der Waals surface area contributed by atoms with Crippen LogP contribution in [0.5, 0.6) is 5.88 Å². The maximum Gasteiger partial charge on any atom is 0.212 e. The van der Waals surface area contributed by atoms with Crippen molar-refractivity contribution in [1.29, 1.82) is 0 Å². The van der Waals surface area contributed by atoms with Crippen LogP contribution in [-0.4, -0.2) is 14.9 Å². The van der Waals surface area contributed by atoms with Crippen LogP contribution in [0.25, 0.3) is 0 Å². The first kappa shape index (κ1) is 11.1. The predicted octanol–water partition coefficient (Wildman–Crippen LogP) is 2.47. The molecule has 1 rings (SSSR count). The Morgan fingerprint density at radius 1 is 1.29 bits per heavy atom. The quantitative estimate of drug-likeness (QED) is 0.789. The molecule has 0 atom stereocenters. The van der Waals surface area contributed by atoms with Gasteiger partial charge < -0.3 is 5.11 Å². The highest BCUT2D eigenvalue weighted by Gasteiger charge is 2.24. The zero-order valence-corrected chi connectivity index (χ0v) is 9.76. The third-order valence-electron chi connectivity index (χ3n) is 2.38. The molecule has 0 bridgehead atoms. The number of hydrogen-bond acceptors (Lipinski definition) is 2. The lowest BCUT2D eigenvalue weighted by molar-refractivity contribution is 0.400. The summed E-state index contributed by atoms with van der Waals surface area (Å²) in [5.41, 5.74) is 2.00. The smallest absolute Gasteiger partial charge is 0.212 e. The van der Waals surface area contributed by atoms with Gasteiger partial charge in [-0.15, -0.1) is 0 Å². The number of hydrogen-bond donors (Lipinski definition) is 1. The second kappa shape index (κ2) is 3.64. The SMILES string of the molecule is CCc1c(C(C)(C)C)nn(CC)c1O. The fourth-order valence-corrected chi connectivity index (χ4v) is 1.64. The molecule has 3 heteroatoms. The van der Waals surface area contributed by atoms with Crippen molar-refractivity contribution in [2.45, 2.75) is 53.0 Å². The molecule has 0 saturated heterocycles. The number of aromatic hydroxyl groups is 1. The van der Waals surface area contributed by atoms with E-state index >= 15 is 0 Å². The van der Waals surface area contributed by atoms with E-state index in [4.69, 9.17) is 0 Å². The van der Waals surface area contributed by atoms with Crippen molar-refractivity contribution >= 4 is 0 Å². The van der Waals surface area contributed by atoms with E-state index in [9.17, 15) is 5.11 Å². The van der Waals surface area contributed by atoms with E-state index in [-0.39, 0.29) is 5.41 Å². The minimum absolute atomic E-state index is 0.00322. The van der Waals surface area contributed by atoms with Gasteiger partial charge in [0.25, 0.3) is 0 Å². The van der Waals surface area contributed by atoms with Gasteiger partial charge in [0.05, 0.1) is 5.69 Å². The molecule has 80 valence electrons. The summed E-state index contributed by atoms with van der Waals surface area (Å²) in [7, 11) is 0. The number of nitrogens with zero attached hydrogens (tertiary/aromatic N) is 2. The Morgan fingerprint density at radius 2 is 1.86 bits per heavy atom.